The van der Waals surface area contributed by atoms with E-state index in [1.54, 1.807) is 17.5 Å². The topological polar surface area (TPSA) is 81.4 Å². The Hall–Kier alpha value is -2.82. The lowest BCUT2D eigenvalue weighted by atomic mass is 10.1. The number of benzene rings is 1. The summed E-state index contributed by atoms with van der Waals surface area (Å²) >= 11 is 1.38. The average molecular weight is 425 g/mol. The molecule has 154 valence electrons. The van der Waals surface area contributed by atoms with E-state index in [1.165, 1.54) is 30.0 Å². The Morgan fingerprint density at radius 2 is 1.97 bits per heavy atom. The smallest absolute Gasteiger partial charge is 0.422 e. The Morgan fingerprint density at radius 1 is 1.24 bits per heavy atom. The molecular formula is C18H18F3N5O2S. The molecule has 1 amide bonds. The molecule has 1 N–H and O–H groups in total. The van der Waals surface area contributed by atoms with E-state index in [9.17, 15) is 18.0 Å². The van der Waals surface area contributed by atoms with Crippen LogP contribution in [0.2, 0.25) is 0 Å². The van der Waals surface area contributed by atoms with Crippen molar-refractivity contribution in [2.24, 2.45) is 0 Å². The molecule has 0 spiro atoms. The van der Waals surface area contributed by atoms with Crippen LogP contribution in [0, 0.1) is 13.8 Å². The molecule has 0 fully saturated rings. The van der Waals surface area contributed by atoms with Gasteiger partial charge in [-0.1, -0.05) is 23.9 Å². The van der Waals surface area contributed by atoms with E-state index in [0.717, 1.165) is 5.69 Å². The first-order chi connectivity index (χ1) is 13.7. The molecule has 0 aliphatic heterocycles. The number of alkyl halides is 3. The summed E-state index contributed by atoms with van der Waals surface area (Å²) in [4.78, 5) is 21.2. The molecule has 0 unspecified atom stereocenters. The van der Waals surface area contributed by atoms with Crippen molar-refractivity contribution in [2.45, 2.75) is 31.6 Å². The van der Waals surface area contributed by atoms with E-state index < -0.39 is 18.7 Å². The third-order valence-corrected chi connectivity index (χ3v) is 4.64. The summed E-state index contributed by atoms with van der Waals surface area (Å²) in [6, 6.07) is 5.97. The summed E-state index contributed by atoms with van der Waals surface area (Å²) < 4.78 is 43.7. The van der Waals surface area contributed by atoms with Crippen molar-refractivity contribution in [1.82, 2.24) is 19.6 Å². The molecule has 3 rings (SSSR count). The number of para-hydroxylation sites is 2. The Morgan fingerprint density at radius 3 is 2.66 bits per heavy atom. The van der Waals surface area contributed by atoms with Gasteiger partial charge in [-0.2, -0.15) is 18.2 Å². The third kappa shape index (κ3) is 4.97. The molecule has 2 heterocycles. The van der Waals surface area contributed by atoms with Crippen LogP contribution in [-0.2, 0) is 11.2 Å². The first-order valence-electron chi connectivity index (χ1n) is 8.53. The van der Waals surface area contributed by atoms with Crippen molar-refractivity contribution in [2.75, 3.05) is 18.2 Å². The number of carbonyl (C=O) groups excluding carboxylic acids is 1. The van der Waals surface area contributed by atoms with Gasteiger partial charge in [0.25, 0.3) is 5.78 Å². The molecule has 0 bridgehead atoms. The zero-order valence-corrected chi connectivity index (χ0v) is 16.7. The van der Waals surface area contributed by atoms with Crippen molar-refractivity contribution in [3.05, 3.63) is 41.2 Å². The molecule has 0 aliphatic rings. The molecule has 0 saturated carbocycles. The van der Waals surface area contributed by atoms with Gasteiger partial charge in [0, 0.05) is 17.0 Å². The second-order valence-electron chi connectivity index (χ2n) is 6.20. The zero-order chi connectivity index (χ0) is 21.2. The molecule has 0 saturated heterocycles. The summed E-state index contributed by atoms with van der Waals surface area (Å²) in [5.74, 6) is -0.0221. The van der Waals surface area contributed by atoms with Gasteiger partial charge in [-0.15, -0.1) is 5.10 Å². The predicted octanol–water partition coefficient (Wildman–Crippen LogP) is 3.59. The highest BCUT2D eigenvalue weighted by molar-refractivity contribution is 7.98. The molecule has 0 aliphatic carbocycles. The fraction of sp³-hybridized carbons (Fsp3) is 0.333. The lowest BCUT2D eigenvalue weighted by molar-refractivity contribution is -0.153. The summed E-state index contributed by atoms with van der Waals surface area (Å²) in [5, 5.41) is 7.51. The zero-order valence-electron chi connectivity index (χ0n) is 15.9. The largest absolute Gasteiger partial charge is 0.482 e. The minimum absolute atomic E-state index is 0.0251. The summed E-state index contributed by atoms with van der Waals surface area (Å²) in [6.07, 6.45) is -2.65. The van der Waals surface area contributed by atoms with Gasteiger partial charge in [0.1, 0.15) is 5.75 Å². The maximum atomic E-state index is 12.6. The van der Waals surface area contributed by atoms with Crippen molar-refractivity contribution in [3.63, 3.8) is 0 Å². The van der Waals surface area contributed by atoms with Crippen LogP contribution in [-0.4, -0.2) is 44.5 Å². The lowest BCUT2D eigenvalue weighted by Gasteiger charge is -2.14. The minimum Gasteiger partial charge on any atom is -0.482 e. The molecule has 29 heavy (non-hydrogen) atoms. The van der Waals surface area contributed by atoms with Crippen LogP contribution >= 0.6 is 11.8 Å². The van der Waals surface area contributed by atoms with Crippen molar-refractivity contribution in [1.29, 1.82) is 0 Å². The standard InChI is InChI=1S/C18H18F3N5O2S/c1-10-12(11(2)26-16(22-10)24-17(25-26)29-3)8-15(27)23-13-6-4-5-7-14(13)28-9-18(19,20)21/h4-7H,8-9H2,1-3H3,(H,23,27). The molecule has 0 radical (unpaired) electrons. The van der Waals surface area contributed by atoms with E-state index in [-0.39, 0.29) is 17.9 Å². The monoisotopic (exact) mass is 425 g/mol. The quantitative estimate of drug-likeness (QED) is 0.608. The fourth-order valence-electron chi connectivity index (χ4n) is 2.74. The summed E-state index contributed by atoms with van der Waals surface area (Å²) in [7, 11) is 0. The maximum Gasteiger partial charge on any atom is 0.422 e. The number of hydrogen-bond donors (Lipinski definition) is 1. The Balaban J connectivity index is 1.80. The van der Waals surface area contributed by atoms with E-state index in [0.29, 0.717) is 22.2 Å². The van der Waals surface area contributed by atoms with E-state index in [1.807, 2.05) is 13.2 Å². The number of rotatable bonds is 6. The molecule has 2 aromatic heterocycles. The van der Waals surface area contributed by atoms with Gasteiger partial charge in [0.05, 0.1) is 12.1 Å². The van der Waals surface area contributed by atoms with Crippen LogP contribution in [0.25, 0.3) is 5.78 Å². The number of aryl methyl sites for hydroxylation is 2. The van der Waals surface area contributed by atoms with Crippen molar-refractivity contribution >= 4 is 29.1 Å². The van der Waals surface area contributed by atoms with Gasteiger partial charge in [-0.3, -0.25) is 4.79 Å². The highest BCUT2D eigenvalue weighted by Crippen LogP contribution is 2.27. The Kier molecular flexibility index (Phi) is 5.96. The van der Waals surface area contributed by atoms with Crippen molar-refractivity contribution in [3.8, 4) is 5.75 Å². The molecular weight excluding hydrogens is 407 g/mol. The number of aromatic nitrogens is 4. The fourth-order valence-corrected chi connectivity index (χ4v) is 3.08. The number of nitrogens with zero attached hydrogens (tertiary/aromatic N) is 4. The van der Waals surface area contributed by atoms with E-state index >= 15 is 0 Å². The first kappa shape index (κ1) is 20.9. The second kappa shape index (κ2) is 8.27. The van der Waals surface area contributed by atoms with Crippen LogP contribution in [0.1, 0.15) is 17.0 Å². The summed E-state index contributed by atoms with van der Waals surface area (Å²) in [6.45, 7) is 2.13. The minimum atomic E-state index is -4.47. The van der Waals surface area contributed by atoms with E-state index in [2.05, 4.69) is 20.4 Å². The number of anilines is 1. The number of fused-ring (bicyclic) bond motifs is 1. The SMILES string of the molecule is CSc1nc2nc(C)c(CC(=O)Nc3ccccc3OCC(F)(F)F)c(C)n2n1. The van der Waals surface area contributed by atoms with Crippen LogP contribution < -0.4 is 10.1 Å². The van der Waals surface area contributed by atoms with Gasteiger partial charge in [-0.25, -0.2) is 9.50 Å². The number of halogens is 3. The third-order valence-electron chi connectivity index (χ3n) is 4.10. The maximum absolute atomic E-state index is 12.6. The normalized spacial score (nSPS) is 11.7. The summed E-state index contributed by atoms with van der Waals surface area (Å²) in [5.41, 5.74) is 2.18. The molecule has 1 aromatic carbocycles. The predicted molar refractivity (Wildman–Crippen MR) is 102 cm³/mol. The van der Waals surface area contributed by atoms with Gasteiger partial charge >= 0.3 is 6.18 Å². The van der Waals surface area contributed by atoms with Crippen LogP contribution in [0.5, 0.6) is 5.75 Å². The van der Waals surface area contributed by atoms with E-state index in [4.69, 9.17) is 4.74 Å². The molecule has 7 nitrogen and oxygen atoms in total. The Bertz CT molecular complexity index is 1050. The average Bonchev–Trinajstić information content (AvgIpc) is 3.07. The van der Waals surface area contributed by atoms with Gasteiger partial charge in [0.2, 0.25) is 11.1 Å². The second-order valence-corrected chi connectivity index (χ2v) is 6.97. The highest BCUT2D eigenvalue weighted by atomic mass is 32.2. The lowest BCUT2D eigenvalue weighted by Crippen LogP contribution is -2.21. The number of thioether (sulfide) groups is 1. The van der Waals surface area contributed by atoms with Gasteiger partial charge in [-0.05, 0) is 32.2 Å². The number of amides is 1. The van der Waals surface area contributed by atoms with Crippen LogP contribution in [0.3, 0.4) is 0 Å². The van der Waals surface area contributed by atoms with Crippen LogP contribution in [0.4, 0.5) is 18.9 Å². The van der Waals surface area contributed by atoms with Crippen LogP contribution in [0.15, 0.2) is 29.4 Å². The van der Waals surface area contributed by atoms with Crippen molar-refractivity contribution < 1.29 is 22.7 Å². The molecule has 3 aromatic rings. The highest BCUT2D eigenvalue weighted by Gasteiger charge is 2.29. The Labute approximate surface area is 168 Å². The first-order valence-corrected chi connectivity index (χ1v) is 9.75. The number of nitrogens with one attached hydrogen (secondary N) is 1. The molecule has 11 heteroatoms. The number of carbonyl (C=O) groups is 1. The number of ether oxygens (including phenoxy) is 1. The number of hydrogen-bond acceptors (Lipinski definition) is 6. The van der Waals surface area contributed by atoms with Gasteiger partial charge < -0.3 is 10.1 Å². The molecule has 0 atom stereocenters. The van der Waals surface area contributed by atoms with Gasteiger partial charge in [0.15, 0.2) is 6.61 Å².